The smallest absolute Gasteiger partial charge is 0.225 e. The van der Waals surface area contributed by atoms with Gasteiger partial charge in [-0.3, -0.25) is 9.89 Å². The molecule has 3 heterocycles. The topological polar surface area (TPSA) is 81.6 Å². The van der Waals surface area contributed by atoms with Crippen molar-refractivity contribution < 1.29 is 0 Å². The summed E-state index contributed by atoms with van der Waals surface area (Å²) in [6, 6.07) is 1.85. The van der Waals surface area contributed by atoms with Crippen LogP contribution in [-0.4, -0.2) is 78.7 Å². The summed E-state index contributed by atoms with van der Waals surface area (Å²) in [6.45, 7) is 8.85. The molecule has 29 heavy (non-hydrogen) atoms. The average molecular weight is 530 g/mol. The van der Waals surface area contributed by atoms with Gasteiger partial charge in [0.25, 0.3) is 0 Å². The number of anilines is 1. The van der Waals surface area contributed by atoms with E-state index >= 15 is 0 Å². The lowest BCUT2D eigenvalue weighted by Gasteiger charge is -2.34. The van der Waals surface area contributed by atoms with Gasteiger partial charge in [-0.05, 0) is 12.5 Å². The molecule has 2 aromatic rings. The molecule has 1 saturated heterocycles. The first-order valence-electron chi connectivity index (χ1n) is 9.91. The second-order valence-corrected chi connectivity index (χ2v) is 7.83. The fraction of sp³-hybridized carbons (Fsp3) is 0.579. The summed E-state index contributed by atoms with van der Waals surface area (Å²) in [6.07, 6.45) is 7.56. The van der Waals surface area contributed by atoms with Crippen LogP contribution in [-0.2, 0) is 12.8 Å². The van der Waals surface area contributed by atoms with Crippen LogP contribution in [0, 0.1) is 0 Å². The Labute approximate surface area is 194 Å². The van der Waals surface area contributed by atoms with Gasteiger partial charge in [0.05, 0.1) is 5.01 Å². The highest BCUT2D eigenvalue weighted by Gasteiger charge is 2.18. The Morgan fingerprint density at radius 3 is 2.48 bits per heavy atom. The Bertz CT molecular complexity index is 731. The maximum Gasteiger partial charge on any atom is 0.225 e. The summed E-state index contributed by atoms with van der Waals surface area (Å²) in [4.78, 5) is 23.5. The molecule has 160 valence electrons. The SMILES string of the molecule is CCc1cnc(CCNC(=NC)NCCN2CCN(c3ncccn3)CC2)s1.I. The van der Waals surface area contributed by atoms with Crippen LogP contribution in [0.3, 0.4) is 0 Å². The minimum Gasteiger partial charge on any atom is -0.356 e. The van der Waals surface area contributed by atoms with Crippen LogP contribution >= 0.6 is 35.3 Å². The number of nitrogens with zero attached hydrogens (tertiary/aromatic N) is 6. The van der Waals surface area contributed by atoms with Crippen molar-refractivity contribution in [2.75, 3.05) is 57.8 Å². The summed E-state index contributed by atoms with van der Waals surface area (Å²) in [7, 11) is 1.81. The molecule has 0 radical (unpaired) electrons. The summed E-state index contributed by atoms with van der Waals surface area (Å²) in [5.41, 5.74) is 0. The van der Waals surface area contributed by atoms with Crippen molar-refractivity contribution >= 4 is 47.2 Å². The zero-order valence-electron chi connectivity index (χ0n) is 17.2. The van der Waals surface area contributed by atoms with Crippen LogP contribution < -0.4 is 15.5 Å². The lowest BCUT2D eigenvalue weighted by molar-refractivity contribution is 0.260. The number of hydrogen-bond donors (Lipinski definition) is 2. The van der Waals surface area contributed by atoms with Gasteiger partial charge in [0, 0.05) is 82.7 Å². The van der Waals surface area contributed by atoms with E-state index in [0.29, 0.717) is 0 Å². The highest BCUT2D eigenvalue weighted by Crippen LogP contribution is 2.13. The number of piperazine rings is 1. The molecule has 0 saturated carbocycles. The van der Waals surface area contributed by atoms with Crippen molar-refractivity contribution in [1.29, 1.82) is 0 Å². The quantitative estimate of drug-likeness (QED) is 0.305. The predicted molar refractivity (Wildman–Crippen MR) is 131 cm³/mol. The van der Waals surface area contributed by atoms with Crippen LogP contribution in [0.5, 0.6) is 0 Å². The Morgan fingerprint density at radius 2 is 1.83 bits per heavy atom. The molecule has 0 atom stereocenters. The predicted octanol–water partition coefficient (Wildman–Crippen LogP) is 1.64. The molecule has 1 fully saturated rings. The minimum atomic E-state index is 0. The second kappa shape index (κ2) is 12.9. The Kier molecular flexibility index (Phi) is 10.6. The van der Waals surface area contributed by atoms with Crippen molar-refractivity contribution in [3.05, 3.63) is 34.5 Å². The molecule has 0 unspecified atom stereocenters. The summed E-state index contributed by atoms with van der Waals surface area (Å²) in [5, 5.41) is 7.96. The molecule has 10 heteroatoms. The van der Waals surface area contributed by atoms with Crippen molar-refractivity contribution in [3.63, 3.8) is 0 Å². The molecule has 2 N–H and O–H groups in total. The molecular weight excluding hydrogens is 499 g/mol. The first-order valence-corrected chi connectivity index (χ1v) is 10.7. The van der Waals surface area contributed by atoms with Crippen molar-refractivity contribution in [2.45, 2.75) is 19.8 Å². The molecule has 1 aliphatic rings. The molecule has 0 spiro atoms. The molecule has 3 rings (SSSR count). The van der Waals surface area contributed by atoms with Crippen LogP contribution in [0.25, 0.3) is 0 Å². The number of rotatable bonds is 8. The van der Waals surface area contributed by atoms with Crippen LogP contribution in [0.2, 0.25) is 0 Å². The number of hydrogen-bond acceptors (Lipinski definition) is 7. The van der Waals surface area contributed by atoms with Gasteiger partial charge in [-0.1, -0.05) is 6.92 Å². The first kappa shape index (κ1) is 23.7. The van der Waals surface area contributed by atoms with E-state index in [-0.39, 0.29) is 24.0 Å². The fourth-order valence-electron chi connectivity index (χ4n) is 3.09. The number of thiazole rings is 1. The van der Waals surface area contributed by atoms with E-state index < -0.39 is 0 Å². The van der Waals surface area contributed by atoms with Crippen molar-refractivity contribution in [2.24, 2.45) is 4.99 Å². The van der Waals surface area contributed by atoms with E-state index in [2.05, 4.69) is 47.3 Å². The van der Waals surface area contributed by atoms with Gasteiger partial charge in [-0.25, -0.2) is 15.0 Å². The van der Waals surface area contributed by atoms with E-state index in [9.17, 15) is 0 Å². The zero-order chi connectivity index (χ0) is 19.6. The number of aryl methyl sites for hydroxylation is 1. The largest absolute Gasteiger partial charge is 0.356 e. The zero-order valence-corrected chi connectivity index (χ0v) is 20.3. The normalized spacial score (nSPS) is 15.1. The van der Waals surface area contributed by atoms with Gasteiger partial charge in [-0.15, -0.1) is 35.3 Å². The maximum atomic E-state index is 4.46. The number of aliphatic imine (C=N–C) groups is 1. The summed E-state index contributed by atoms with van der Waals surface area (Å²) in [5.74, 6) is 1.68. The monoisotopic (exact) mass is 530 g/mol. The van der Waals surface area contributed by atoms with Crippen molar-refractivity contribution in [3.8, 4) is 0 Å². The van der Waals surface area contributed by atoms with E-state index in [0.717, 1.165) is 70.6 Å². The minimum absolute atomic E-state index is 0. The molecule has 2 aromatic heterocycles. The second-order valence-electron chi connectivity index (χ2n) is 6.63. The Balaban J connectivity index is 0.00000300. The van der Waals surface area contributed by atoms with Gasteiger partial charge < -0.3 is 15.5 Å². The lowest BCUT2D eigenvalue weighted by Crippen LogP contribution is -2.49. The molecule has 0 aliphatic carbocycles. The lowest BCUT2D eigenvalue weighted by atomic mass is 10.3. The van der Waals surface area contributed by atoms with Gasteiger partial charge >= 0.3 is 0 Å². The summed E-state index contributed by atoms with van der Waals surface area (Å²) < 4.78 is 0. The maximum absolute atomic E-state index is 4.46. The Hall–Kier alpha value is -1.53. The first-order chi connectivity index (χ1) is 13.8. The van der Waals surface area contributed by atoms with Gasteiger partial charge in [0.2, 0.25) is 5.95 Å². The van der Waals surface area contributed by atoms with E-state index in [1.54, 1.807) is 23.7 Å². The third-order valence-electron chi connectivity index (χ3n) is 4.73. The van der Waals surface area contributed by atoms with Crippen LogP contribution in [0.15, 0.2) is 29.6 Å². The summed E-state index contributed by atoms with van der Waals surface area (Å²) >= 11 is 1.80. The third-order valence-corrected chi connectivity index (χ3v) is 5.93. The van der Waals surface area contributed by atoms with Crippen molar-refractivity contribution in [1.82, 2.24) is 30.5 Å². The molecule has 8 nitrogen and oxygen atoms in total. The standard InChI is InChI=1S/C19H30N8S.HI/c1-3-16-15-25-17(28-16)5-8-21-18(20-2)22-9-10-26-11-13-27(14-12-26)19-23-6-4-7-24-19;/h4,6-7,15H,3,5,8-14H2,1-2H3,(H2,20,21,22);1H. The molecule has 1 aliphatic heterocycles. The van der Waals surface area contributed by atoms with E-state index in [1.165, 1.54) is 9.88 Å². The van der Waals surface area contributed by atoms with Gasteiger partial charge in [0.1, 0.15) is 0 Å². The fourth-order valence-corrected chi connectivity index (χ4v) is 3.96. The van der Waals surface area contributed by atoms with Gasteiger partial charge in [0.15, 0.2) is 5.96 Å². The van der Waals surface area contributed by atoms with Gasteiger partial charge in [-0.2, -0.15) is 0 Å². The molecular formula is C19H31IN8S. The number of halogens is 1. The van der Waals surface area contributed by atoms with Crippen LogP contribution in [0.4, 0.5) is 5.95 Å². The molecule has 0 aromatic carbocycles. The average Bonchev–Trinajstić information content (AvgIpc) is 3.22. The number of aromatic nitrogens is 3. The molecule has 0 bridgehead atoms. The van der Waals surface area contributed by atoms with Crippen LogP contribution in [0.1, 0.15) is 16.8 Å². The number of nitrogens with one attached hydrogen (secondary N) is 2. The Morgan fingerprint density at radius 1 is 1.10 bits per heavy atom. The number of guanidine groups is 1. The van der Waals surface area contributed by atoms with E-state index in [4.69, 9.17) is 0 Å². The highest BCUT2D eigenvalue weighted by molar-refractivity contribution is 14.0. The molecule has 0 amide bonds. The van der Waals surface area contributed by atoms with E-state index in [1.807, 2.05) is 19.3 Å². The third kappa shape index (κ3) is 7.67. The highest BCUT2D eigenvalue weighted by atomic mass is 127.